The largest absolute Gasteiger partial charge is 0.347 e. The first kappa shape index (κ1) is 35.4. The predicted octanol–water partition coefficient (Wildman–Crippen LogP) is 2.20. The molecule has 0 aromatic carbocycles. The molecule has 3 saturated carbocycles. The normalized spacial score (nSPS) is 24.2. The van der Waals surface area contributed by atoms with Crippen LogP contribution in [0.2, 0.25) is 0 Å². The molecule has 4 aliphatic rings. The summed E-state index contributed by atoms with van der Waals surface area (Å²) in [5.41, 5.74) is -0.634. The average Bonchev–Trinajstić information content (AvgIpc) is 3.64. The smallest absolute Gasteiger partial charge is 0.289 e. The lowest BCUT2D eigenvalue weighted by atomic mass is 9.81. The first-order valence-electron chi connectivity index (χ1n) is 17.7. The molecular formula is C35H51N7O6. The Morgan fingerprint density at radius 2 is 1.65 bits per heavy atom. The van der Waals surface area contributed by atoms with E-state index in [1.165, 1.54) is 18.6 Å². The third kappa shape index (κ3) is 8.20. The van der Waals surface area contributed by atoms with Crippen LogP contribution in [0.5, 0.6) is 0 Å². The van der Waals surface area contributed by atoms with Crippen LogP contribution < -0.4 is 21.3 Å². The van der Waals surface area contributed by atoms with Crippen LogP contribution in [0.25, 0.3) is 0 Å². The number of aromatic nitrogens is 2. The molecule has 262 valence electrons. The van der Waals surface area contributed by atoms with Gasteiger partial charge in [-0.3, -0.25) is 33.8 Å². The number of likely N-dealkylation sites (tertiary alicyclic amines) is 1. The van der Waals surface area contributed by atoms with Gasteiger partial charge < -0.3 is 26.2 Å². The van der Waals surface area contributed by atoms with Crippen molar-refractivity contribution in [1.82, 2.24) is 36.1 Å². The summed E-state index contributed by atoms with van der Waals surface area (Å²) in [6, 6.07) is -3.83. The van der Waals surface area contributed by atoms with E-state index in [1.54, 1.807) is 4.90 Å². The van der Waals surface area contributed by atoms with E-state index in [4.69, 9.17) is 0 Å². The number of nitrogens with one attached hydrogen (secondary N) is 4. The Hall–Kier alpha value is -3.90. The molecule has 5 rings (SSSR count). The third-order valence-electron chi connectivity index (χ3n) is 10.3. The summed E-state index contributed by atoms with van der Waals surface area (Å²) in [6.45, 7) is 7.47. The first-order chi connectivity index (χ1) is 22.9. The van der Waals surface area contributed by atoms with Gasteiger partial charge in [0.05, 0.1) is 12.2 Å². The Morgan fingerprint density at radius 3 is 2.27 bits per heavy atom. The SMILES string of the molecule is CCCC(NC(=O)C1C2CCC(C2)N1C(=O)C(NC(=O)C(NC(=O)c1cnccn1)C1CCCCC1)C(C)(C)C)C(=O)C(=O)NC1CC1. The highest BCUT2D eigenvalue weighted by molar-refractivity contribution is 6.38. The second-order valence-electron chi connectivity index (χ2n) is 15.1. The van der Waals surface area contributed by atoms with Crippen LogP contribution in [-0.4, -0.2) is 86.4 Å². The van der Waals surface area contributed by atoms with Crippen molar-refractivity contribution in [3.05, 3.63) is 24.3 Å². The highest BCUT2D eigenvalue weighted by Crippen LogP contribution is 2.44. The molecule has 13 heteroatoms. The Morgan fingerprint density at radius 1 is 0.917 bits per heavy atom. The van der Waals surface area contributed by atoms with Crippen molar-refractivity contribution < 1.29 is 28.8 Å². The maximum Gasteiger partial charge on any atom is 0.289 e. The number of piperidine rings is 1. The summed E-state index contributed by atoms with van der Waals surface area (Å²) < 4.78 is 0. The van der Waals surface area contributed by atoms with Gasteiger partial charge in [0.2, 0.25) is 23.5 Å². The number of hydrogen-bond acceptors (Lipinski definition) is 8. The summed E-state index contributed by atoms with van der Waals surface area (Å²) in [7, 11) is 0. The van der Waals surface area contributed by atoms with Gasteiger partial charge in [0, 0.05) is 24.5 Å². The highest BCUT2D eigenvalue weighted by Gasteiger charge is 2.54. The van der Waals surface area contributed by atoms with E-state index in [9.17, 15) is 28.8 Å². The van der Waals surface area contributed by atoms with E-state index in [1.807, 2.05) is 27.7 Å². The van der Waals surface area contributed by atoms with Gasteiger partial charge >= 0.3 is 0 Å². The van der Waals surface area contributed by atoms with Crippen LogP contribution in [0.3, 0.4) is 0 Å². The van der Waals surface area contributed by atoms with Gasteiger partial charge in [-0.05, 0) is 68.6 Å². The minimum Gasteiger partial charge on any atom is -0.347 e. The molecule has 1 aliphatic heterocycles. The van der Waals surface area contributed by atoms with Crippen molar-refractivity contribution in [1.29, 1.82) is 0 Å². The van der Waals surface area contributed by atoms with Crippen molar-refractivity contribution in [2.24, 2.45) is 17.3 Å². The molecule has 48 heavy (non-hydrogen) atoms. The van der Waals surface area contributed by atoms with Crippen LogP contribution in [-0.2, 0) is 24.0 Å². The number of nitrogens with zero attached hydrogens (tertiary/aromatic N) is 3. The maximum atomic E-state index is 14.6. The molecule has 1 saturated heterocycles. The van der Waals surface area contributed by atoms with E-state index in [0.29, 0.717) is 19.3 Å². The molecule has 4 fully saturated rings. The number of hydrogen-bond donors (Lipinski definition) is 4. The topological polar surface area (TPSA) is 180 Å². The van der Waals surface area contributed by atoms with Crippen molar-refractivity contribution in [3.8, 4) is 0 Å². The Kier molecular flexibility index (Phi) is 11.1. The lowest BCUT2D eigenvalue weighted by molar-refractivity contribution is -0.149. The van der Waals surface area contributed by atoms with Crippen LogP contribution in [0.15, 0.2) is 18.6 Å². The zero-order valence-electron chi connectivity index (χ0n) is 28.6. The number of carbonyl (C=O) groups is 6. The minimum absolute atomic E-state index is 0.0145. The fraction of sp³-hybridized carbons (Fsp3) is 0.714. The van der Waals surface area contributed by atoms with Gasteiger partial charge in [0.1, 0.15) is 23.8 Å². The predicted molar refractivity (Wildman–Crippen MR) is 176 cm³/mol. The minimum atomic E-state index is -0.989. The second-order valence-corrected chi connectivity index (χ2v) is 15.1. The molecule has 2 heterocycles. The van der Waals surface area contributed by atoms with E-state index in [0.717, 1.165) is 57.8 Å². The number of rotatable bonds is 13. The monoisotopic (exact) mass is 665 g/mol. The Labute approximate surface area is 282 Å². The van der Waals surface area contributed by atoms with Crippen molar-refractivity contribution in [2.45, 2.75) is 141 Å². The van der Waals surface area contributed by atoms with E-state index < -0.39 is 59.0 Å². The third-order valence-corrected chi connectivity index (χ3v) is 10.3. The van der Waals surface area contributed by atoms with Crippen LogP contribution in [0.1, 0.15) is 115 Å². The van der Waals surface area contributed by atoms with Crippen molar-refractivity contribution in [3.63, 3.8) is 0 Å². The molecule has 0 radical (unpaired) electrons. The fourth-order valence-corrected chi connectivity index (χ4v) is 7.63. The summed E-state index contributed by atoms with van der Waals surface area (Å²) in [6.07, 6.45) is 13.4. The summed E-state index contributed by atoms with van der Waals surface area (Å²) in [5, 5.41) is 11.4. The standard InChI is InChI=1S/C35H51N7O6/c1-5-9-24(28(43)33(47)38-22-13-14-22)39-32(46)27-21-12-15-23(18-21)42(27)34(48)29(35(2,3)4)41-31(45)26(20-10-7-6-8-11-20)40-30(44)25-19-36-16-17-37-25/h16-17,19-24,26-27,29H,5-15,18H2,1-4H3,(H,38,47)(H,39,46)(H,40,44)(H,41,45). The molecule has 13 nitrogen and oxygen atoms in total. The number of carbonyl (C=O) groups excluding carboxylic acids is 6. The number of amides is 5. The summed E-state index contributed by atoms with van der Waals surface area (Å²) in [5.74, 6) is -3.33. The van der Waals surface area contributed by atoms with Gasteiger partial charge in [0.25, 0.3) is 11.8 Å². The van der Waals surface area contributed by atoms with E-state index in [-0.39, 0.29) is 35.5 Å². The molecule has 3 aliphatic carbocycles. The zero-order chi connectivity index (χ0) is 34.6. The van der Waals surface area contributed by atoms with E-state index in [2.05, 4.69) is 31.2 Å². The summed E-state index contributed by atoms with van der Waals surface area (Å²) in [4.78, 5) is 91.0. The van der Waals surface area contributed by atoms with Gasteiger partial charge in [-0.2, -0.15) is 0 Å². The number of ketones is 1. The molecular weight excluding hydrogens is 614 g/mol. The van der Waals surface area contributed by atoms with Gasteiger partial charge in [-0.25, -0.2) is 4.98 Å². The quantitative estimate of drug-likeness (QED) is 0.232. The van der Waals surface area contributed by atoms with Crippen LogP contribution in [0, 0.1) is 17.3 Å². The van der Waals surface area contributed by atoms with Gasteiger partial charge in [-0.1, -0.05) is 53.4 Å². The van der Waals surface area contributed by atoms with Gasteiger partial charge in [-0.15, -0.1) is 0 Å². The van der Waals surface area contributed by atoms with Crippen LogP contribution in [0.4, 0.5) is 0 Å². The molecule has 4 N–H and O–H groups in total. The maximum absolute atomic E-state index is 14.6. The Balaban J connectivity index is 1.34. The molecule has 1 aromatic heterocycles. The summed E-state index contributed by atoms with van der Waals surface area (Å²) >= 11 is 0. The fourth-order valence-electron chi connectivity index (χ4n) is 7.63. The van der Waals surface area contributed by atoms with Gasteiger partial charge in [0.15, 0.2) is 0 Å². The molecule has 6 unspecified atom stereocenters. The highest BCUT2D eigenvalue weighted by atomic mass is 16.2. The average molecular weight is 666 g/mol. The first-order valence-corrected chi connectivity index (χ1v) is 17.7. The molecule has 5 amide bonds. The molecule has 6 atom stereocenters. The molecule has 0 spiro atoms. The molecule has 1 aromatic rings. The van der Waals surface area contributed by atoms with Crippen molar-refractivity contribution >= 4 is 35.3 Å². The second kappa shape index (κ2) is 15.1. The lowest BCUT2D eigenvalue weighted by Crippen LogP contribution is -2.64. The van der Waals surface area contributed by atoms with E-state index >= 15 is 0 Å². The van der Waals surface area contributed by atoms with Crippen LogP contribution >= 0.6 is 0 Å². The lowest BCUT2D eigenvalue weighted by Gasteiger charge is -2.41. The Bertz CT molecular complexity index is 1370. The number of Topliss-reactive ketones (excluding diaryl/α,β-unsaturated/α-hetero) is 1. The van der Waals surface area contributed by atoms with Crippen molar-refractivity contribution in [2.75, 3.05) is 0 Å². The molecule has 2 bridgehead atoms. The number of fused-ring (bicyclic) bond motifs is 2. The zero-order valence-corrected chi connectivity index (χ0v) is 28.6.